The van der Waals surface area contributed by atoms with Crippen LogP contribution in [0.2, 0.25) is 0 Å². The van der Waals surface area contributed by atoms with Gasteiger partial charge in [0.25, 0.3) is 0 Å². The molecule has 3 N–H and O–H groups in total. The number of nitrogens with one attached hydrogen (secondary N) is 1. The number of ether oxygens (including phenoxy) is 1. The molecular formula is C12H12N4O. The number of amidine groups is 1. The van der Waals surface area contributed by atoms with E-state index in [1.54, 1.807) is 18.3 Å². The van der Waals surface area contributed by atoms with Crippen LogP contribution >= 0.6 is 0 Å². The molecule has 0 saturated carbocycles. The van der Waals surface area contributed by atoms with Crippen LogP contribution in [0.5, 0.6) is 11.5 Å². The van der Waals surface area contributed by atoms with Crippen molar-refractivity contribution >= 4 is 5.84 Å². The molecule has 2 aromatic heterocycles. The highest BCUT2D eigenvalue weighted by Gasteiger charge is 2.00. The Morgan fingerprint density at radius 3 is 2.24 bits per heavy atom. The quantitative estimate of drug-likeness (QED) is 0.620. The summed E-state index contributed by atoms with van der Waals surface area (Å²) in [6.45, 7) is 1.91. The van der Waals surface area contributed by atoms with Crippen molar-refractivity contribution in [2.75, 3.05) is 0 Å². The van der Waals surface area contributed by atoms with Gasteiger partial charge in [0.2, 0.25) is 0 Å². The maximum Gasteiger partial charge on any atom is 0.145 e. The second kappa shape index (κ2) is 4.61. The zero-order valence-electron chi connectivity index (χ0n) is 9.34. The molecule has 17 heavy (non-hydrogen) atoms. The standard InChI is InChI=1S/C12H12N4O/c1-8-2-3-9(6-15-8)17-10-4-5-11(12(13)14)16-7-10/h2-7H,1H3,(H3,13,14). The van der Waals surface area contributed by atoms with Gasteiger partial charge in [-0.05, 0) is 31.2 Å². The Hall–Kier alpha value is -2.43. The van der Waals surface area contributed by atoms with E-state index in [9.17, 15) is 0 Å². The first kappa shape index (κ1) is 11.1. The molecule has 0 fully saturated rings. The van der Waals surface area contributed by atoms with Crippen LogP contribution in [0.3, 0.4) is 0 Å². The summed E-state index contributed by atoms with van der Waals surface area (Å²) >= 11 is 0. The SMILES string of the molecule is Cc1ccc(Oc2ccc(C(=N)N)nc2)cn1. The van der Waals surface area contributed by atoms with Crippen LogP contribution < -0.4 is 10.5 Å². The molecule has 0 atom stereocenters. The highest BCUT2D eigenvalue weighted by Crippen LogP contribution is 2.19. The van der Waals surface area contributed by atoms with Gasteiger partial charge >= 0.3 is 0 Å². The van der Waals surface area contributed by atoms with E-state index in [4.69, 9.17) is 15.9 Å². The molecule has 0 aliphatic heterocycles. The molecule has 2 aromatic rings. The van der Waals surface area contributed by atoms with Gasteiger partial charge in [-0.1, -0.05) is 0 Å². The molecule has 5 nitrogen and oxygen atoms in total. The predicted octanol–water partition coefficient (Wildman–Crippen LogP) is 1.86. The van der Waals surface area contributed by atoms with Crippen LogP contribution in [-0.4, -0.2) is 15.8 Å². The fourth-order valence-corrected chi connectivity index (χ4v) is 1.25. The summed E-state index contributed by atoms with van der Waals surface area (Å²) in [6, 6.07) is 7.05. The van der Waals surface area contributed by atoms with Crippen LogP contribution in [0.25, 0.3) is 0 Å². The largest absolute Gasteiger partial charge is 0.454 e. The fourth-order valence-electron chi connectivity index (χ4n) is 1.25. The monoisotopic (exact) mass is 228 g/mol. The number of rotatable bonds is 3. The van der Waals surface area contributed by atoms with Crippen molar-refractivity contribution in [1.29, 1.82) is 5.41 Å². The lowest BCUT2D eigenvalue weighted by atomic mass is 10.3. The maximum atomic E-state index is 7.22. The lowest BCUT2D eigenvalue weighted by Gasteiger charge is -2.05. The number of nitrogens with zero attached hydrogens (tertiary/aromatic N) is 2. The van der Waals surface area contributed by atoms with Gasteiger partial charge in [0, 0.05) is 5.69 Å². The summed E-state index contributed by atoms with van der Waals surface area (Å²) < 4.78 is 5.53. The molecule has 5 heteroatoms. The van der Waals surface area contributed by atoms with Crippen molar-refractivity contribution in [2.24, 2.45) is 5.73 Å². The topological polar surface area (TPSA) is 84.9 Å². The van der Waals surface area contributed by atoms with E-state index in [1.165, 1.54) is 6.20 Å². The number of nitrogens with two attached hydrogens (primary N) is 1. The van der Waals surface area contributed by atoms with Crippen molar-refractivity contribution in [3.63, 3.8) is 0 Å². The third kappa shape index (κ3) is 2.78. The van der Waals surface area contributed by atoms with E-state index in [0.717, 1.165) is 5.69 Å². The molecular weight excluding hydrogens is 216 g/mol. The van der Waals surface area contributed by atoms with Crippen molar-refractivity contribution in [3.05, 3.63) is 48.0 Å². The second-order valence-electron chi connectivity index (χ2n) is 3.53. The van der Waals surface area contributed by atoms with Crippen LogP contribution in [0.15, 0.2) is 36.7 Å². The van der Waals surface area contributed by atoms with E-state index >= 15 is 0 Å². The van der Waals surface area contributed by atoms with E-state index < -0.39 is 0 Å². The number of nitrogen functional groups attached to an aromatic ring is 1. The molecule has 2 rings (SSSR count). The molecule has 2 heterocycles. The first-order valence-corrected chi connectivity index (χ1v) is 5.06. The summed E-state index contributed by atoms with van der Waals surface area (Å²) in [4.78, 5) is 8.12. The summed E-state index contributed by atoms with van der Waals surface area (Å²) in [5, 5.41) is 7.22. The minimum Gasteiger partial charge on any atom is -0.454 e. The molecule has 0 saturated heterocycles. The fraction of sp³-hybridized carbons (Fsp3) is 0.0833. The van der Waals surface area contributed by atoms with Gasteiger partial charge < -0.3 is 10.5 Å². The summed E-state index contributed by atoms with van der Waals surface area (Å²) in [7, 11) is 0. The summed E-state index contributed by atoms with van der Waals surface area (Å²) in [5.74, 6) is 1.17. The van der Waals surface area contributed by atoms with Crippen molar-refractivity contribution in [2.45, 2.75) is 6.92 Å². The minimum atomic E-state index is -0.0615. The Kier molecular flexibility index (Phi) is 3.00. The van der Waals surface area contributed by atoms with Crippen molar-refractivity contribution in [1.82, 2.24) is 9.97 Å². The Bertz CT molecular complexity index is 519. The molecule has 86 valence electrons. The van der Waals surface area contributed by atoms with Crippen LogP contribution in [-0.2, 0) is 0 Å². The summed E-state index contributed by atoms with van der Waals surface area (Å²) in [5.41, 5.74) is 6.67. The zero-order valence-corrected chi connectivity index (χ0v) is 9.34. The van der Waals surface area contributed by atoms with Gasteiger partial charge in [0.1, 0.15) is 23.0 Å². The normalized spacial score (nSPS) is 9.94. The number of pyridine rings is 2. The van der Waals surface area contributed by atoms with Crippen LogP contribution in [0.4, 0.5) is 0 Å². The Morgan fingerprint density at radius 2 is 1.76 bits per heavy atom. The zero-order chi connectivity index (χ0) is 12.3. The average molecular weight is 228 g/mol. The maximum absolute atomic E-state index is 7.22. The molecule has 0 aromatic carbocycles. The van der Waals surface area contributed by atoms with Crippen molar-refractivity contribution < 1.29 is 4.74 Å². The van der Waals surface area contributed by atoms with E-state index in [1.807, 2.05) is 19.1 Å². The molecule has 0 bridgehead atoms. The van der Waals surface area contributed by atoms with Gasteiger partial charge in [0.05, 0.1) is 12.4 Å². The second-order valence-corrected chi connectivity index (χ2v) is 3.53. The number of hydrogen-bond donors (Lipinski definition) is 2. The average Bonchev–Trinajstić information content (AvgIpc) is 2.33. The Balaban J connectivity index is 2.13. The molecule has 0 radical (unpaired) electrons. The van der Waals surface area contributed by atoms with Gasteiger partial charge in [0.15, 0.2) is 0 Å². The number of aromatic nitrogens is 2. The molecule has 0 aliphatic rings. The Labute approximate surface area is 98.8 Å². The van der Waals surface area contributed by atoms with E-state index in [2.05, 4.69) is 9.97 Å². The smallest absolute Gasteiger partial charge is 0.145 e. The molecule has 0 spiro atoms. The minimum absolute atomic E-state index is 0.0615. The predicted molar refractivity (Wildman–Crippen MR) is 64.3 cm³/mol. The first-order valence-electron chi connectivity index (χ1n) is 5.06. The van der Waals surface area contributed by atoms with Gasteiger partial charge in [-0.25, -0.2) is 4.98 Å². The summed E-state index contributed by atoms with van der Waals surface area (Å²) in [6.07, 6.45) is 3.17. The lowest BCUT2D eigenvalue weighted by molar-refractivity contribution is 0.477. The van der Waals surface area contributed by atoms with E-state index in [-0.39, 0.29) is 5.84 Å². The molecule has 0 amide bonds. The third-order valence-corrected chi connectivity index (χ3v) is 2.13. The highest BCUT2D eigenvalue weighted by molar-refractivity contribution is 5.92. The highest BCUT2D eigenvalue weighted by atomic mass is 16.5. The lowest BCUT2D eigenvalue weighted by Crippen LogP contribution is -2.12. The Morgan fingerprint density at radius 1 is 1.12 bits per heavy atom. The third-order valence-electron chi connectivity index (χ3n) is 2.13. The van der Waals surface area contributed by atoms with Crippen LogP contribution in [0.1, 0.15) is 11.4 Å². The van der Waals surface area contributed by atoms with Gasteiger partial charge in [-0.3, -0.25) is 10.4 Å². The first-order chi connectivity index (χ1) is 8.15. The molecule has 0 unspecified atom stereocenters. The van der Waals surface area contributed by atoms with Crippen LogP contribution in [0, 0.1) is 12.3 Å². The number of aryl methyl sites for hydroxylation is 1. The molecule has 0 aliphatic carbocycles. The number of hydrogen-bond acceptors (Lipinski definition) is 4. The van der Waals surface area contributed by atoms with E-state index in [0.29, 0.717) is 17.2 Å². The van der Waals surface area contributed by atoms with Crippen molar-refractivity contribution in [3.8, 4) is 11.5 Å². The van der Waals surface area contributed by atoms with Gasteiger partial charge in [-0.2, -0.15) is 0 Å². The van der Waals surface area contributed by atoms with Gasteiger partial charge in [-0.15, -0.1) is 0 Å².